The average Bonchev–Trinajstić information content (AvgIpc) is 2.85. The standard InChI is InChI=1S/C26H28ClF2N5O/c1-16(2)34-9-10-35-26-19(27)13-18(14-23(26)34)25-21(29)15-31-24(32-25)12-17-3-4-22(20(28)11-17)33-7-5-30-6-8-33/h3-4,11,13-16,30H,5-10,12H2,1-2H3. The summed E-state index contributed by atoms with van der Waals surface area (Å²) < 4.78 is 35.5. The van der Waals surface area contributed by atoms with Crippen LogP contribution in [-0.4, -0.2) is 55.3 Å². The van der Waals surface area contributed by atoms with Crippen molar-refractivity contribution in [3.63, 3.8) is 0 Å². The van der Waals surface area contributed by atoms with Gasteiger partial charge in [0, 0.05) is 44.2 Å². The van der Waals surface area contributed by atoms with Crippen molar-refractivity contribution >= 4 is 23.0 Å². The smallest absolute Gasteiger partial charge is 0.167 e. The second kappa shape index (κ2) is 9.95. The minimum absolute atomic E-state index is 0.159. The van der Waals surface area contributed by atoms with Crippen molar-refractivity contribution < 1.29 is 13.5 Å². The predicted octanol–water partition coefficient (Wildman–Crippen LogP) is 4.68. The first-order chi connectivity index (χ1) is 16.9. The van der Waals surface area contributed by atoms with Gasteiger partial charge in [-0.2, -0.15) is 0 Å². The van der Waals surface area contributed by atoms with E-state index in [1.807, 2.05) is 17.0 Å². The Morgan fingerprint density at radius 2 is 1.86 bits per heavy atom. The van der Waals surface area contributed by atoms with Gasteiger partial charge in [0.15, 0.2) is 11.6 Å². The lowest BCUT2D eigenvalue weighted by molar-refractivity contribution is 0.303. The van der Waals surface area contributed by atoms with Crippen molar-refractivity contribution in [2.45, 2.75) is 26.3 Å². The Morgan fingerprint density at radius 1 is 1.06 bits per heavy atom. The van der Waals surface area contributed by atoms with Gasteiger partial charge in [0.05, 0.1) is 29.1 Å². The van der Waals surface area contributed by atoms with E-state index in [9.17, 15) is 8.78 Å². The van der Waals surface area contributed by atoms with Crippen molar-refractivity contribution in [1.29, 1.82) is 0 Å². The summed E-state index contributed by atoms with van der Waals surface area (Å²) in [5.74, 6) is 0.187. The van der Waals surface area contributed by atoms with Crippen LogP contribution in [0.5, 0.6) is 5.75 Å². The van der Waals surface area contributed by atoms with Crippen molar-refractivity contribution in [3.8, 4) is 17.0 Å². The molecule has 1 fully saturated rings. The Kier molecular flexibility index (Phi) is 6.75. The molecule has 9 heteroatoms. The van der Waals surface area contributed by atoms with E-state index < -0.39 is 5.82 Å². The van der Waals surface area contributed by atoms with E-state index >= 15 is 0 Å². The molecule has 0 saturated carbocycles. The SMILES string of the molecule is CC(C)N1CCOc2c(Cl)cc(-c3nc(Cc4ccc(N5CCNCC5)c(F)c4)ncc3F)cc21. The first-order valence-electron chi connectivity index (χ1n) is 11.9. The van der Waals surface area contributed by atoms with E-state index in [0.29, 0.717) is 34.5 Å². The van der Waals surface area contributed by atoms with Crippen LogP contribution in [0.4, 0.5) is 20.2 Å². The summed E-state index contributed by atoms with van der Waals surface area (Å²) in [6, 6.07) is 8.94. The van der Waals surface area contributed by atoms with Crippen LogP contribution in [0.1, 0.15) is 25.2 Å². The number of fused-ring (bicyclic) bond motifs is 1. The van der Waals surface area contributed by atoms with Gasteiger partial charge >= 0.3 is 0 Å². The summed E-state index contributed by atoms with van der Waals surface area (Å²) in [5.41, 5.74) is 2.84. The van der Waals surface area contributed by atoms with E-state index in [-0.39, 0.29) is 24.0 Å². The molecule has 1 N–H and O–H groups in total. The first-order valence-corrected chi connectivity index (χ1v) is 12.3. The zero-order chi connectivity index (χ0) is 24.5. The molecule has 0 amide bonds. The number of nitrogens with zero attached hydrogens (tertiary/aromatic N) is 4. The molecule has 0 aliphatic carbocycles. The summed E-state index contributed by atoms with van der Waals surface area (Å²) in [7, 11) is 0. The third-order valence-corrected chi connectivity index (χ3v) is 6.72. The van der Waals surface area contributed by atoms with Crippen molar-refractivity contribution in [1.82, 2.24) is 15.3 Å². The number of halogens is 3. The number of hydrogen-bond acceptors (Lipinski definition) is 6. The highest BCUT2D eigenvalue weighted by atomic mass is 35.5. The van der Waals surface area contributed by atoms with Crippen LogP contribution in [0.3, 0.4) is 0 Å². The molecule has 0 spiro atoms. The van der Waals surface area contributed by atoms with Gasteiger partial charge < -0.3 is 19.9 Å². The van der Waals surface area contributed by atoms with Crippen LogP contribution in [0, 0.1) is 11.6 Å². The normalized spacial score (nSPS) is 15.8. The van der Waals surface area contributed by atoms with E-state index in [1.54, 1.807) is 12.1 Å². The fourth-order valence-corrected chi connectivity index (χ4v) is 4.94. The molecule has 5 rings (SSSR count). The zero-order valence-electron chi connectivity index (χ0n) is 19.8. The number of hydrogen-bond donors (Lipinski definition) is 1. The molecule has 35 heavy (non-hydrogen) atoms. The number of rotatable bonds is 5. The lowest BCUT2D eigenvalue weighted by atomic mass is 10.1. The second-order valence-corrected chi connectivity index (χ2v) is 9.53. The van der Waals surface area contributed by atoms with Gasteiger partial charge in [-0.25, -0.2) is 18.7 Å². The fraction of sp³-hybridized carbons (Fsp3) is 0.385. The Hall–Kier alpha value is -2.97. The highest BCUT2D eigenvalue weighted by Crippen LogP contribution is 2.42. The van der Waals surface area contributed by atoms with Gasteiger partial charge in [0.2, 0.25) is 0 Å². The summed E-state index contributed by atoms with van der Waals surface area (Å²) in [6.45, 7) is 8.64. The largest absolute Gasteiger partial charge is 0.488 e. The van der Waals surface area contributed by atoms with Gasteiger partial charge in [-0.15, -0.1) is 0 Å². The zero-order valence-corrected chi connectivity index (χ0v) is 20.6. The van der Waals surface area contributed by atoms with Crippen LogP contribution in [0.25, 0.3) is 11.3 Å². The van der Waals surface area contributed by atoms with E-state index in [4.69, 9.17) is 16.3 Å². The molecule has 2 aliphatic rings. The minimum Gasteiger partial charge on any atom is -0.488 e. The Balaban J connectivity index is 1.43. The molecular weight excluding hydrogens is 472 g/mol. The number of nitrogens with one attached hydrogen (secondary N) is 1. The molecule has 1 aromatic heterocycles. The van der Waals surface area contributed by atoms with Crippen LogP contribution >= 0.6 is 11.6 Å². The maximum absolute atomic E-state index is 14.9. The highest BCUT2D eigenvalue weighted by Gasteiger charge is 2.25. The van der Waals surface area contributed by atoms with Crippen molar-refractivity contribution in [2.24, 2.45) is 0 Å². The lowest BCUT2D eigenvalue weighted by Gasteiger charge is -2.35. The average molecular weight is 500 g/mol. The van der Waals surface area contributed by atoms with Crippen molar-refractivity contribution in [2.75, 3.05) is 49.1 Å². The number of aromatic nitrogens is 2. The molecule has 2 aromatic carbocycles. The van der Waals surface area contributed by atoms with Gasteiger partial charge in [-0.3, -0.25) is 0 Å². The number of ether oxygens (including phenoxy) is 1. The van der Waals surface area contributed by atoms with Gasteiger partial charge in [-0.05, 0) is 43.7 Å². The molecule has 0 radical (unpaired) electrons. The summed E-state index contributed by atoms with van der Waals surface area (Å²) in [5, 5.41) is 3.68. The fourth-order valence-electron chi connectivity index (χ4n) is 4.67. The Morgan fingerprint density at radius 3 is 2.60 bits per heavy atom. The minimum atomic E-state index is -0.544. The van der Waals surface area contributed by atoms with Crippen LogP contribution < -0.4 is 19.9 Å². The molecule has 0 atom stereocenters. The van der Waals surface area contributed by atoms with E-state index in [2.05, 4.69) is 34.0 Å². The monoisotopic (exact) mass is 499 g/mol. The number of piperazine rings is 1. The molecule has 0 bridgehead atoms. The molecule has 3 heterocycles. The third kappa shape index (κ3) is 4.90. The lowest BCUT2D eigenvalue weighted by Crippen LogP contribution is -2.43. The third-order valence-electron chi connectivity index (χ3n) is 6.43. The quantitative estimate of drug-likeness (QED) is 0.550. The van der Waals surface area contributed by atoms with Crippen LogP contribution in [0.15, 0.2) is 36.5 Å². The molecule has 6 nitrogen and oxygen atoms in total. The molecule has 2 aliphatic heterocycles. The maximum atomic E-state index is 14.9. The molecule has 184 valence electrons. The topological polar surface area (TPSA) is 53.5 Å². The Bertz CT molecular complexity index is 1230. The molecule has 0 unspecified atom stereocenters. The number of benzene rings is 2. The van der Waals surface area contributed by atoms with E-state index in [1.165, 1.54) is 6.07 Å². The summed E-state index contributed by atoms with van der Waals surface area (Å²) in [6.07, 6.45) is 1.44. The molecular formula is C26H28ClF2N5O. The van der Waals surface area contributed by atoms with Gasteiger partial charge in [-0.1, -0.05) is 17.7 Å². The van der Waals surface area contributed by atoms with Crippen LogP contribution in [-0.2, 0) is 6.42 Å². The first kappa shape index (κ1) is 23.8. The second-order valence-electron chi connectivity index (χ2n) is 9.12. The van der Waals surface area contributed by atoms with Crippen LogP contribution in [0.2, 0.25) is 5.02 Å². The number of anilines is 2. The molecule has 1 saturated heterocycles. The predicted molar refractivity (Wildman–Crippen MR) is 135 cm³/mol. The Labute approximate surface area is 208 Å². The maximum Gasteiger partial charge on any atom is 0.167 e. The highest BCUT2D eigenvalue weighted by molar-refractivity contribution is 6.33. The molecule has 3 aromatic rings. The van der Waals surface area contributed by atoms with Gasteiger partial charge in [0.1, 0.15) is 23.9 Å². The summed E-state index contributed by atoms with van der Waals surface area (Å²) in [4.78, 5) is 12.9. The summed E-state index contributed by atoms with van der Waals surface area (Å²) >= 11 is 6.52. The van der Waals surface area contributed by atoms with E-state index in [0.717, 1.165) is 50.2 Å². The van der Waals surface area contributed by atoms with Crippen molar-refractivity contribution in [3.05, 3.63) is 64.6 Å². The van der Waals surface area contributed by atoms with Gasteiger partial charge in [0.25, 0.3) is 0 Å².